The SMILES string of the molecule is NN1N[C]=CS1. The minimum atomic E-state index is 1.36. The number of hydrogen-bond donors (Lipinski definition) is 2. The summed E-state index contributed by atoms with van der Waals surface area (Å²) in [4.78, 5) is 0. The van der Waals surface area contributed by atoms with E-state index >= 15 is 0 Å². The Hall–Kier alpha value is -0.190. The Morgan fingerprint density at radius 1 is 2.00 bits per heavy atom. The van der Waals surface area contributed by atoms with Crippen LogP contribution in [0.4, 0.5) is 0 Å². The first-order valence-electron chi connectivity index (χ1n) is 1.44. The average Bonchev–Trinajstić information content (AvgIpc) is 1.86. The number of hydrogen-bond acceptors (Lipinski definition) is 4. The Morgan fingerprint density at radius 2 is 2.83 bits per heavy atom. The molecule has 0 fully saturated rings. The van der Waals surface area contributed by atoms with E-state index < -0.39 is 0 Å². The van der Waals surface area contributed by atoms with Crippen LogP contribution in [0.15, 0.2) is 5.41 Å². The number of nitrogens with zero attached hydrogens (tertiary/aromatic N) is 1. The molecule has 0 bridgehead atoms. The fourth-order valence-corrected chi connectivity index (χ4v) is 0.524. The van der Waals surface area contributed by atoms with Crippen LogP contribution in [0.5, 0.6) is 0 Å². The molecule has 0 aromatic carbocycles. The predicted molar refractivity (Wildman–Crippen MR) is 24.6 cm³/mol. The molecule has 0 aromatic rings. The van der Waals surface area contributed by atoms with Gasteiger partial charge in [-0.05, 0) is 11.9 Å². The molecule has 1 heterocycles. The van der Waals surface area contributed by atoms with Gasteiger partial charge in [0.15, 0.2) is 0 Å². The van der Waals surface area contributed by atoms with Crippen LogP contribution >= 0.6 is 11.9 Å². The maximum atomic E-state index is 5.13. The Morgan fingerprint density at radius 3 is 3.00 bits per heavy atom. The van der Waals surface area contributed by atoms with Crippen molar-refractivity contribution >= 4 is 11.9 Å². The minimum absolute atomic E-state index is 1.36. The second-order valence-corrected chi connectivity index (χ2v) is 1.65. The topological polar surface area (TPSA) is 41.3 Å². The molecule has 4 heteroatoms. The summed E-state index contributed by atoms with van der Waals surface area (Å²) < 4.78 is 1.36. The lowest BCUT2D eigenvalue weighted by Gasteiger charge is -2.01. The minimum Gasteiger partial charge on any atom is -0.293 e. The van der Waals surface area contributed by atoms with Crippen LogP contribution in [-0.4, -0.2) is 4.52 Å². The van der Waals surface area contributed by atoms with E-state index in [1.807, 2.05) is 0 Å². The third-order valence-corrected chi connectivity index (χ3v) is 0.942. The highest BCUT2D eigenvalue weighted by Gasteiger charge is 1.95. The molecule has 3 nitrogen and oxygen atoms in total. The highest BCUT2D eigenvalue weighted by Crippen LogP contribution is 2.05. The molecular formula is C2H4N3S. The van der Waals surface area contributed by atoms with Crippen molar-refractivity contribution in [3.8, 4) is 0 Å². The molecule has 1 aliphatic heterocycles. The molecule has 0 spiro atoms. The summed E-state index contributed by atoms with van der Waals surface area (Å²) in [5.74, 6) is 5.13. The van der Waals surface area contributed by atoms with Gasteiger partial charge in [0, 0.05) is 5.41 Å². The molecule has 33 valence electrons. The van der Waals surface area contributed by atoms with Crippen molar-refractivity contribution in [2.75, 3.05) is 0 Å². The zero-order valence-electron chi connectivity index (χ0n) is 3.01. The quantitative estimate of drug-likeness (QED) is 0.322. The van der Waals surface area contributed by atoms with Crippen molar-refractivity contribution in [2.45, 2.75) is 0 Å². The summed E-state index contributed by atoms with van der Waals surface area (Å²) in [5, 5.41) is 1.74. The molecule has 0 saturated carbocycles. The largest absolute Gasteiger partial charge is 0.293 e. The Kier molecular flexibility index (Phi) is 0.999. The van der Waals surface area contributed by atoms with Gasteiger partial charge in [-0.1, -0.05) is 4.52 Å². The molecule has 0 atom stereocenters. The molecular weight excluding hydrogens is 98.1 g/mol. The van der Waals surface area contributed by atoms with Crippen molar-refractivity contribution in [1.82, 2.24) is 9.95 Å². The van der Waals surface area contributed by atoms with E-state index in [4.69, 9.17) is 5.84 Å². The van der Waals surface area contributed by atoms with E-state index in [0.717, 1.165) is 0 Å². The van der Waals surface area contributed by atoms with Gasteiger partial charge in [-0.15, -0.1) is 0 Å². The molecule has 0 aromatic heterocycles. The standard InChI is InChI=1S/C2H4N3S/c3-5-4-1-2-6-5/h2,4H,3H2. The van der Waals surface area contributed by atoms with Gasteiger partial charge in [0.2, 0.25) is 0 Å². The van der Waals surface area contributed by atoms with Gasteiger partial charge < -0.3 is 0 Å². The van der Waals surface area contributed by atoms with Crippen molar-refractivity contribution in [3.05, 3.63) is 11.6 Å². The molecule has 1 rings (SSSR count). The van der Waals surface area contributed by atoms with E-state index in [0.29, 0.717) is 0 Å². The molecule has 1 aliphatic rings. The predicted octanol–water partition coefficient (Wildman–Crippen LogP) is -0.397. The molecule has 0 amide bonds. The average molecular weight is 102 g/mol. The van der Waals surface area contributed by atoms with Crippen LogP contribution < -0.4 is 11.3 Å². The molecule has 0 saturated heterocycles. The summed E-state index contributed by atoms with van der Waals surface area (Å²) in [6, 6.07) is 0. The smallest absolute Gasteiger partial charge is 0.0841 e. The van der Waals surface area contributed by atoms with Gasteiger partial charge in [0.1, 0.15) is 0 Å². The zero-order chi connectivity index (χ0) is 4.41. The fourth-order valence-electron chi connectivity index (χ4n) is 0.199. The van der Waals surface area contributed by atoms with E-state index in [1.54, 1.807) is 5.41 Å². The third-order valence-electron chi connectivity index (χ3n) is 0.400. The summed E-state index contributed by atoms with van der Waals surface area (Å²) in [6.07, 6.45) is 2.66. The van der Waals surface area contributed by atoms with Gasteiger partial charge in [-0.25, -0.2) is 5.84 Å². The van der Waals surface area contributed by atoms with Crippen molar-refractivity contribution in [1.29, 1.82) is 0 Å². The van der Waals surface area contributed by atoms with E-state index in [9.17, 15) is 0 Å². The van der Waals surface area contributed by atoms with Crippen molar-refractivity contribution in [3.63, 3.8) is 0 Å². The lowest BCUT2D eigenvalue weighted by atomic mass is 11.1. The lowest BCUT2D eigenvalue weighted by Crippen LogP contribution is -2.30. The van der Waals surface area contributed by atoms with Crippen LogP contribution in [0, 0.1) is 6.20 Å². The van der Waals surface area contributed by atoms with Gasteiger partial charge in [0.25, 0.3) is 0 Å². The number of rotatable bonds is 0. The van der Waals surface area contributed by atoms with Crippen molar-refractivity contribution in [2.24, 2.45) is 5.84 Å². The lowest BCUT2D eigenvalue weighted by molar-refractivity contribution is 0.432. The highest BCUT2D eigenvalue weighted by atomic mass is 32.2. The molecule has 1 radical (unpaired) electrons. The van der Waals surface area contributed by atoms with Gasteiger partial charge in [0.05, 0.1) is 6.20 Å². The van der Waals surface area contributed by atoms with Gasteiger partial charge in [-0.2, -0.15) is 0 Å². The van der Waals surface area contributed by atoms with Gasteiger partial charge >= 0.3 is 0 Å². The second kappa shape index (κ2) is 1.51. The Balaban J connectivity index is 2.32. The van der Waals surface area contributed by atoms with Crippen LogP contribution in [-0.2, 0) is 0 Å². The molecule has 0 unspecified atom stereocenters. The summed E-state index contributed by atoms with van der Waals surface area (Å²) >= 11 is 1.36. The van der Waals surface area contributed by atoms with E-state index in [2.05, 4.69) is 11.6 Å². The Bertz CT molecular complexity index is 63.2. The maximum Gasteiger partial charge on any atom is 0.0841 e. The molecule has 0 aliphatic carbocycles. The monoisotopic (exact) mass is 102 g/mol. The van der Waals surface area contributed by atoms with Crippen LogP contribution in [0.3, 0.4) is 0 Å². The van der Waals surface area contributed by atoms with Crippen molar-refractivity contribution < 1.29 is 0 Å². The zero-order valence-corrected chi connectivity index (χ0v) is 3.83. The third kappa shape index (κ3) is 0.649. The number of nitrogens with two attached hydrogens (primary N) is 1. The first kappa shape index (κ1) is 3.98. The van der Waals surface area contributed by atoms with Crippen LogP contribution in [0.25, 0.3) is 0 Å². The second-order valence-electron chi connectivity index (χ2n) is 0.805. The summed E-state index contributed by atoms with van der Waals surface area (Å²) in [5.41, 5.74) is 2.59. The molecule has 3 N–H and O–H groups in total. The number of hydrazine groups is 2. The van der Waals surface area contributed by atoms with Gasteiger partial charge in [-0.3, -0.25) is 5.43 Å². The Labute approximate surface area is 40.3 Å². The van der Waals surface area contributed by atoms with E-state index in [1.165, 1.54) is 16.5 Å². The van der Waals surface area contributed by atoms with Crippen LogP contribution in [0.2, 0.25) is 0 Å². The fraction of sp³-hybridized carbons (Fsp3) is 0. The highest BCUT2D eigenvalue weighted by molar-refractivity contribution is 7.99. The normalized spacial score (nSPS) is 21.5. The first-order valence-corrected chi connectivity index (χ1v) is 2.28. The number of nitrogens with one attached hydrogen (secondary N) is 1. The van der Waals surface area contributed by atoms with E-state index in [-0.39, 0.29) is 0 Å². The van der Waals surface area contributed by atoms with Crippen LogP contribution in [0.1, 0.15) is 0 Å². The maximum absolute atomic E-state index is 5.13. The summed E-state index contributed by atoms with van der Waals surface area (Å²) in [7, 11) is 0. The molecule has 6 heavy (non-hydrogen) atoms. The first-order chi connectivity index (χ1) is 2.89. The summed E-state index contributed by atoms with van der Waals surface area (Å²) in [6.45, 7) is 0.